The van der Waals surface area contributed by atoms with Gasteiger partial charge in [0, 0.05) is 25.4 Å². The zero-order valence-electron chi connectivity index (χ0n) is 18.4. The predicted molar refractivity (Wildman–Crippen MR) is 117 cm³/mol. The van der Waals surface area contributed by atoms with Crippen LogP contribution in [0, 0.1) is 11.8 Å². The highest BCUT2D eigenvalue weighted by molar-refractivity contribution is 5.97. The number of Topliss-reactive ketones (excluding diaryl/α,β-unsaturated/α-hetero) is 1. The van der Waals surface area contributed by atoms with Crippen LogP contribution in [-0.2, 0) is 14.3 Å². The molecule has 5 nitrogen and oxygen atoms in total. The van der Waals surface area contributed by atoms with Crippen molar-refractivity contribution in [1.29, 1.82) is 0 Å². The van der Waals surface area contributed by atoms with E-state index < -0.39 is 0 Å². The summed E-state index contributed by atoms with van der Waals surface area (Å²) in [7, 11) is 0. The van der Waals surface area contributed by atoms with Crippen molar-refractivity contribution < 1.29 is 20.5 Å². The lowest BCUT2D eigenvalue weighted by Gasteiger charge is -2.28. The van der Waals surface area contributed by atoms with Gasteiger partial charge in [-0.1, -0.05) is 38.1 Å². The van der Waals surface area contributed by atoms with Crippen LogP contribution < -0.4 is 5.32 Å². The first-order chi connectivity index (χ1) is 13.9. The highest BCUT2D eigenvalue weighted by Gasteiger charge is 2.27. The van der Waals surface area contributed by atoms with E-state index in [0.29, 0.717) is 32.3 Å². The lowest BCUT2D eigenvalue weighted by atomic mass is 9.78. The average Bonchev–Trinajstić information content (AvgIpc) is 2.72. The number of ketones is 1. The van der Waals surface area contributed by atoms with Crippen LogP contribution in [0.4, 0.5) is 0 Å². The fourth-order valence-corrected chi connectivity index (χ4v) is 3.78. The number of rotatable bonds is 11. The quantitative estimate of drug-likeness (QED) is 0.431. The van der Waals surface area contributed by atoms with E-state index >= 15 is 0 Å². The van der Waals surface area contributed by atoms with Gasteiger partial charge in [0.1, 0.15) is 0 Å². The van der Waals surface area contributed by atoms with E-state index in [0.717, 1.165) is 31.2 Å². The molecule has 0 radical (unpaired) electrons. The second-order valence-corrected chi connectivity index (χ2v) is 8.51. The first kappa shape index (κ1) is 23.6. The van der Waals surface area contributed by atoms with Crippen LogP contribution in [0.3, 0.4) is 0 Å². The summed E-state index contributed by atoms with van der Waals surface area (Å²) in [4.78, 5) is 24.5. The van der Waals surface area contributed by atoms with Crippen molar-refractivity contribution in [3.05, 3.63) is 35.4 Å². The van der Waals surface area contributed by atoms with Gasteiger partial charge in [-0.3, -0.25) is 9.59 Å². The van der Waals surface area contributed by atoms with Gasteiger partial charge >= 0.3 is 0 Å². The molecule has 1 aromatic rings. The molecule has 29 heavy (non-hydrogen) atoms. The van der Waals surface area contributed by atoms with Crippen molar-refractivity contribution in [2.24, 2.45) is 11.8 Å². The highest BCUT2D eigenvalue weighted by Crippen LogP contribution is 2.36. The summed E-state index contributed by atoms with van der Waals surface area (Å²) in [5.41, 5.74) is 2.07. The summed E-state index contributed by atoms with van der Waals surface area (Å²) >= 11 is 0. The fourth-order valence-electron chi connectivity index (χ4n) is 3.78. The maximum absolute atomic E-state index is 12.4. The fraction of sp³-hybridized carbons (Fsp3) is 0.667. The van der Waals surface area contributed by atoms with Crippen LogP contribution in [0.5, 0.6) is 0 Å². The third-order valence-corrected chi connectivity index (χ3v) is 5.51. The summed E-state index contributed by atoms with van der Waals surface area (Å²) in [6.45, 7) is 10.1. The Balaban J connectivity index is 0.00000450. The number of nitrogens with one attached hydrogen (secondary N) is 1. The third kappa shape index (κ3) is 7.90. The van der Waals surface area contributed by atoms with Crippen molar-refractivity contribution in [2.75, 3.05) is 26.4 Å². The van der Waals surface area contributed by atoms with Crippen LogP contribution in [0.25, 0.3) is 0 Å². The SMILES string of the molecule is CC(C)OCCOCCNC(=O)C1CCC(c2ccc(C(=O)C(C)C)cc2)CC1.[HH]. The minimum atomic E-state index is 0. The minimum absolute atomic E-state index is 0. The van der Waals surface area contributed by atoms with E-state index in [1.54, 1.807) is 0 Å². The van der Waals surface area contributed by atoms with E-state index in [1.807, 2.05) is 39.8 Å². The molecule has 0 atom stereocenters. The van der Waals surface area contributed by atoms with Crippen molar-refractivity contribution >= 4 is 11.7 Å². The number of amides is 1. The Morgan fingerprint density at radius 2 is 1.66 bits per heavy atom. The van der Waals surface area contributed by atoms with Crippen LogP contribution in [0.2, 0.25) is 0 Å². The third-order valence-electron chi connectivity index (χ3n) is 5.51. The van der Waals surface area contributed by atoms with Gasteiger partial charge in [0.15, 0.2) is 5.78 Å². The van der Waals surface area contributed by atoms with Gasteiger partial charge < -0.3 is 14.8 Å². The van der Waals surface area contributed by atoms with Crippen molar-refractivity contribution in [1.82, 2.24) is 5.32 Å². The van der Waals surface area contributed by atoms with Crippen LogP contribution in [-0.4, -0.2) is 44.2 Å². The van der Waals surface area contributed by atoms with Gasteiger partial charge in [-0.05, 0) is 51.0 Å². The summed E-state index contributed by atoms with van der Waals surface area (Å²) in [5.74, 6) is 0.925. The Morgan fingerprint density at radius 3 is 2.24 bits per heavy atom. The van der Waals surface area contributed by atoms with Crippen LogP contribution in [0.15, 0.2) is 24.3 Å². The van der Waals surface area contributed by atoms with Crippen LogP contribution in [0.1, 0.15) is 76.6 Å². The smallest absolute Gasteiger partial charge is 0.223 e. The Labute approximate surface area is 177 Å². The van der Waals surface area contributed by atoms with Gasteiger partial charge in [0.2, 0.25) is 5.91 Å². The van der Waals surface area contributed by atoms with Gasteiger partial charge in [-0.15, -0.1) is 0 Å². The first-order valence-corrected chi connectivity index (χ1v) is 11.0. The van der Waals surface area contributed by atoms with Crippen molar-refractivity contribution in [3.63, 3.8) is 0 Å². The van der Waals surface area contributed by atoms with Crippen molar-refractivity contribution in [3.8, 4) is 0 Å². The lowest BCUT2D eigenvalue weighted by molar-refractivity contribution is -0.126. The maximum Gasteiger partial charge on any atom is 0.223 e. The zero-order valence-corrected chi connectivity index (χ0v) is 18.4. The van der Waals surface area contributed by atoms with Crippen LogP contribution >= 0.6 is 0 Å². The molecule has 164 valence electrons. The molecule has 1 saturated carbocycles. The first-order valence-electron chi connectivity index (χ1n) is 11.0. The largest absolute Gasteiger partial charge is 0.377 e. The van der Waals surface area contributed by atoms with E-state index in [-0.39, 0.29) is 31.1 Å². The molecular formula is C24H39NO4. The number of hydrogen-bond donors (Lipinski definition) is 1. The van der Waals surface area contributed by atoms with Crippen molar-refractivity contribution in [2.45, 2.75) is 65.4 Å². The normalized spacial score (nSPS) is 19.5. The molecule has 0 unspecified atom stereocenters. The topological polar surface area (TPSA) is 64.6 Å². The zero-order chi connectivity index (χ0) is 21.2. The van der Waals surface area contributed by atoms with E-state index in [4.69, 9.17) is 9.47 Å². The minimum Gasteiger partial charge on any atom is -0.377 e. The summed E-state index contributed by atoms with van der Waals surface area (Å²) in [6, 6.07) is 8.06. The molecule has 0 bridgehead atoms. The highest BCUT2D eigenvalue weighted by atomic mass is 16.5. The molecule has 1 aliphatic rings. The Morgan fingerprint density at radius 1 is 1.00 bits per heavy atom. The van der Waals surface area contributed by atoms with Gasteiger partial charge in [-0.2, -0.15) is 0 Å². The molecular weight excluding hydrogens is 366 g/mol. The number of hydrogen-bond acceptors (Lipinski definition) is 4. The molecule has 0 spiro atoms. The number of carbonyl (C=O) groups excluding carboxylic acids is 2. The molecule has 1 aliphatic carbocycles. The van der Waals surface area contributed by atoms with E-state index in [2.05, 4.69) is 17.4 Å². The number of ether oxygens (including phenoxy) is 2. The molecule has 0 heterocycles. The Kier molecular flexibility index (Phi) is 9.82. The predicted octanol–water partition coefficient (Wildman–Crippen LogP) is 4.60. The second-order valence-electron chi connectivity index (χ2n) is 8.51. The van der Waals surface area contributed by atoms with E-state index in [1.165, 1.54) is 5.56 Å². The molecule has 5 heteroatoms. The molecule has 1 N–H and O–H groups in total. The monoisotopic (exact) mass is 405 g/mol. The number of carbonyl (C=O) groups is 2. The standard InChI is InChI=1S/C24H37NO4.H2/c1-17(2)23(26)21-9-5-19(6-10-21)20-7-11-22(12-8-20)24(27)25-13-14-28-15-16-29-18(3)4;/h5-6,9-10,17-18,20,22H,7-8,11-16H2,1-4H3,(H,25,27);1H. The molecule has 1 aromatic carbocycles. The summed E-state index contributed by atoms with van der Waals surface area (Å²) in [5, 5.41) is 2.99. The molecule has 2 rings (SSSR count). The van der Waals surface area contributed by atoms with Gasteiger partial charge in [0.25, 0.3) is 0 Å². The molecule has 0 aliphatic heterocycles. The Hall–Kier alpha value is -1.72. The summed E-state index contributed by atoms with van der Waals surface area (Å²) < 4.78 is 10.9. The molecule has 0 saturated heterocycles. The molecule has 1 fully saturated rings. The lowest BCUT2D eigenvalue weighted by Crippen LogP contribution is -2.35. The van der Waals surface area contributed by atoms with E-state index in [9.17, 15) is 9.59 Å². The maximum atomic E-state index is 12.4. The van der Waals surface area contributed by atoms with Gasteiger partial charge in [0.05, 0.1) is 25.9 Å². The number of benzene rings is 1. The summed E-state index contributed by atoms with van der Waals surface area (Å²) in [6.07, 6.45) is 4.06. The molecule has 1 amide bonds. The Bertz CT molecular complexity index is 637. The molecule has 0 aromatic heterocycles. The average molecular weight is 406 g/mol. The van der Waals surface area contributed by atoms with Gasteiger partial charge in [-0.25, -0.2) is 0 Å². The second kappa shape index (κ2) is 12.1.